The molecular formula is C20H20N4O4S. The first kappa shape index (κ1) is 20.4. The summed E-state index contributed by atoms with van der Waals surface area (Å²) in [5.41, 5.74) is 1.49. The van der Waals surface area contributed by atoms with E-state index in [1.165, 1.54) is 24.3 Å². The molecule has 0 aliphatic heterocycles. The fraction of sp³-hybridized carbons (Fsp3) is 0.200. The minimum Gasteiger partial charge on any atom is -0.361 e. The lowest BCUT2D eigenvalue weighted by atomic mass is 10.1. The molecule has 8 nitrogen and oxygen atoms in total. The molecule has 0 saturated heterocycles. The maximum Gasteiger partial charge on any atom is 0.270 e. The molecule has 1 aromatic heterocycles. The van der Waals surface area contributed by atoms with Gasteiger partial charge in [-0.3, -0.25) is 19.7 Å². The summed E-state index contributed by atoms with van der Waals surface area (Å²) in [5, 5.41) is 17.4. The maximum atomic E-state index is 12.9. The molecule has 1 unspecified atom stereocenters. The van der Waals surface area contributed by atoms with Gasteiger partial charge in [-0.1, -0.05) is 12.1 Å². The molecule has 0 aliphatic rings. The molecule has 9 heteroatoms. The average Bonchev–Trinajstić information content (AvgIpc) is 3.20. The third kappa shape index (κ3) is 4.94. The van der Waals surface area contributed by atoms with Crippen LogP contribution in [0.15, 0.2) is 54.7 Å². The van der Waals surface area contributed by atoms with Crippen LogP contribution in [0, 0.1) is 10.1 Å². The van der Waals surface area contributed by atoms with Crippen LogP contribution in [0.5, 0.6) is 0 Å². The highest BCUT2D eigenvalue weighted by Gasteiger charge is 2.22. The maximum absolute atomic E-state index is 12.9. The van der Waals surface area contributed by atoms with Crippen LogP contribution in [0.2, 0.25) is 0 Å². The second kappa shape index (κ2) is 9.24. The van der Waals surface area contributed by atoms with E-state index in [-0.39, 0.29) is 17.2 Å². The van der Waals surface area contributed by atoms with E-state index in [0.717, 1.165) is 10.9 Å². The number of carbonyl (C=O) groups excluding carboxylic acids is 2. The molecule has 0 saturated carbocycles. The Kier molecular flexibility index (Phi) is 6.50. The number of fused-ring (bicyclic) bond motifs is 1. The number of nitrogens with one attached hydrogen (secondary N) is 3. The van der Waals surface area contributed by atoms with Gasteiger partial charge in [0.15, 0.2) is 0 Å². The summed E-state index contributed by atoms with van der Waals surface area (Å²) in [6.07, 6.45) is 4.13. The van der Waals surface area contributed by atoms with Gasteiger partial charge in [-0.05, 0) is 42.7 Å². The fourth-order valence-electron chi connectivity index (χ4n) is 2.92. The van der Waals surface area contributed by atoms with Crippen molar-refractivity contribution in [2.75, 3.05) is 17.3 Å². The van der Waals surface area contributed by atoms with E-state index in [2.05, 4.69) is 15.6 Å². The van der Waals surface area contributed by atoms with E-state index in [4.69, 9.17) is 0 Å². The van der Waals surface area contributed by atoms with Gasteiger partial charge in [-0.2, -0.15) is 11.8 Å². The first-order valence-corrected chi connectivity index (χ1v) is 10.3. The number of amides is 2. The Labute approximate surface area is 171 Å². The summed E-state index contributed by atoms with van der Waals surface area (Å²) < 4.78 is 0. The van der Waals surface area contributed by atoms with E-state index in [0.29, 0.717) is 17.9 Å². The van der Waals surface area contributed by atoms with Crippen molar-refractivity contribution in [3.05, 3.63) is 70.4 Å². The highest BCUT2D eigenvalue weighted by Crippen LogP contribution is 2.22. The van der Waals surface area contributed by atoms with E-state index >= 15 is 0 Å². The largest absolute Gasteiger partial charge is 0.361 e. The molecule has 0 radical (unpaired) electrons. The lowest BCUT2D eigenvalue weighted by Crippen LogP contribution is -2.44. The number of nitro benzene ring substituents is 1. The van der Waals surface area contributed by atoms with Gasteiger partial charge in [0, 0.05) is 34.8 Å². The van der Waals surface area contributed by atoms with E-state index in [1.807, 2.05) is 24.5 Å². The predicted molar refractivity (Wildman–Crippen MR) is 114 cm³/mol. The SMILES string of the molecule is CSCCC(NC(=O)c1cccc([N+](=O)[O-])c1)C(=O)Nc1cccc2[nH]ccc12. The summed E-state index contributed by atoms with van der Waals surface area (Å²) in [6, 6.07) is 12.0. The second-order valence-electron chi connectivity index (χ2n) is 6.35. The van der Waals surface area contributed by atoms with Crippen molar-refractivity contribution in [2.45, 2.75) is 12.5 Å². The standard InChI is InChI=1S/C20H20N4O4S/c1-29-11-9-18(23-19(25)13-4-2-5-14(12-13)24(27)28)20(26)22-17-7-3-6-16-15(17)8-10-21-16/h2-8,10,12,18,21H,9,11H2,1H3,(H,22,26)(H,23,25). The Morgan fingerprint density at radius 1 is 1.21 bits per heavy atom. The van der Waals surface area contributed by atoms with Crippen molar-refractivity contribution in [2.24, 2.45) is 0 Å². The average molecular weight is 412 g/mol. The smallest absolute Gasteiger partial charge is 0.270 e. The third-order valence-corrected chi connectivity index (χ3v) is 5.05. The van der Waals surface area contributed by atoms with Crippen LogP contribution in [0.1, 0.15) is 16.8 Å². The van der Waals surface area contributed by atoms with Crippen molar-refractivity contribution in [1.82, 2.24) is 10.3 Å². The Morgan fingerprint density at radius 3 is 2.76 bits per heavy atom. The summed E-state index contributed by atoms with van der Waals surface area (Å²) in [6.45, 7) is 0. The lowest BCUT2D eigenvalue weighted by Gasteiger charge is -2.18. The number of benzene rings is 2. The number of hydrogen-bond donors (Lipinski definition) is 3. The van der Waals surface area contributed by atoms with Crippen LogP contribution >= 0.6 is 11.8 Å². The molecule has 3 N–H and O–H groups in total. The van der Waals surface area contributed by atoms with E-state index in [9.17, 15) is 19.7 Å². The topological polar surface area (TPSA) is 117 Å². The van der Waals surface area contributed by atoms with Gasteiger partial charge < -0.3 is 15.6 Å². The quantitative estimate of drug-likeness (QED) is 0.386. The number of nitro groups is 1. The molecule has 3 aromatic rings. The molecule has 29 heavy (non-hydrogen) atoms. The monoisotopic (exact) mass is 412 g/mol. The van der Waals surface area contributed by atoms with Crippen LogP contribution in [0.4, 0.5) is 11.4 Å². The predicted octanol–water partition coefficient (Wildman–Crippen LogP) is 3.57. The Balaban J connectivity index is 1.77. The molecule has 1 atom stereocenters. The number of anilines is 1. The van der Waals surface area contributed by atoms with Gasteiger partial charge in [0.2, 0.25) is 5.91 Å². The number of thioether (sulfide) groups is 1. The van der Waals surface area contributed by atoms with E-state index < -0.39 is 16.9 Å². The number of hydrogen-bond acceptors (Lipinski definition) is 5. The number of carbonyl (C=O) groups is 2. The van der Waals surface area contributed by atoms with Gasteiger partial charge >= 0.3 is 0 Å². The summed E-state index contributed by atoms with van der Waals surface area (Å²) in [4.78, 5) is 38.9. The van der Waals surface area contributed by atoms with Crippen LogP contribution < -0.4 is 10.6 Å². The zero-order chi connectivity index (χ0) is 20.8. The lowest BCUT2D eigenvalue weighted by molar-refractivity contribution is -0.384. The van der Waals surface area contributed by atoms with Gasteiger partial charge in [-0.15, -0.1) is 0 Å². The summed E-state index contributed by atoms with van der Waals surface area (Å²) >= 11 is 1.56. The zero-order valence-corrected chi connectivity index (χ0v) is 16.5. The zero-order valence-electron chi connectivity index (χ0n) is 15.7. The fourth-order valence-corrected chi connectivity index (χ4v) is 3.39. The number of nitrogens with zero attached hydrogens (tertiary/aromatic N) is 1. The molecule has 0 fully saturated rings. The first-order valence-electron chi connectivity index (χ1n) is 8.91. The number of rotatable bonds is 8. The van der Waals surface area contributed by atoms with E-state index in [1.54, 1.807) is 24.0 Å². The van der Waals surface area contributed by atoms with Crippen LogP contribution in [0.25, 0.3) is 10.9 Å². The minimum atomic E-state index is -0.775. The van der Waals surface area contributed by atoms with Crippen molar-refractivity contribution < 1.29 is 14.5 Å². The van der Waals surface area contributed by atoms with Crippen molar-refractivity contribution in [3.63, 3.8) is 0 Å². The normalized spacial score (nSPS) is 11.8. The van der Waals surface area contributed by atoms with Crippen LogP contribution in [-0.2, 0) is 4.79 Å². The third-order valence-electron chi connectivity index (χ3n) is 4.40. The number of non-ortho nitro benzene ring substituents is 1. The molecule has 150 valence electrons. The number of aromatic amines is 1. The molecule has 2 amide bonds. The minimum absolute atomic E-state index is 0.133. The number of H-pyrrole nitrogens is 1. The molecule has 2 aromatic carbocycles. The second-order valence-corrected chi connectivity index (χ2v) is 7.33. The van der Waals surface area contributed by atoms with Crippen molar-refractivity contribution in [3.8, 4) is 0 Å². The highest BCUT2D eigenvalue weighted by molar-refractivity contribution is 7.98. The first-order chi connectivity index (χ1) is 14.0. The van der Waals surface area contributed by atoms with Gasteiger partial charge in [-0.25, -0.2) is 0 Å². The molecule has 0 spiro atoms. The molecular weight excluding hydrogens is 392 g/mol. The molecule has 0 aliphatic carbocycles. The highest BCUT2D eigenvalue weighted by atomic mass is 32.2. The van der Waals surface area contributed by atoms with Crippen LogP contribution in [0.3, 0.4) is 0 Å². The Hall–Kier alpha value is -3.33. The molecule has 3 rings (SSSR count). The molecule has 1 heterocycles. The van der Waals surface area contributed by atoms with Gasteiger partial charge in [0.25, 0.3) is 11.6 Å². The summed E-state index contributed by atoms with van der Waals surface area (Å²) in [7, 11) is 0. The van der Waals surface area contributed by atoms with Crippen molar-refractivity contribution in [1.29, 1.82) is 0 Å². The van der Waals surface area contributed by atoms with Crippen molar-refractivity contribution >= 4 is 45.9 Å². The number of aromatic nitrogens is 1. The van der Waals surface area contributed by atoms with Gasteiger partial charge in [0.1, 0.15) is 6.04 Å². The van der Waals surface area contributed by atoms with Gasteiger partial charge in [0.05, 0.1) is 10.6 Å². The Morgan fingerprint density at radius 2 is 2.00 bits per heavy atom. The van der Waals surface area contributed by atoms with Crippen LogP contribution in [-0.4, -0.2) is 39.8 Å². The molecule has 0 bridgehead atoms. The Bertz CT molecular complexity index is 1050. The summed E-state index contributed by atoms with van der Waals surface area (Å²) in [5.74, 6) is -0.205.